The second-order valence-electron chi connectivity index (χ2n) is 12.1. The van der Waals surface area contributed by atoms with Gasteiger partial charge in [0, 0.05) is 31.5 Å². The molecule has 6 aromatic carbocycles. The van der Waals surface area contributed by atoms with Crippen LogP contribution in [0.25, 0.3) is 66.7 Å². The Kier molecular flexibility index (Phi) is 6.90. The number of benzene rings is 6. The van der Waals surface area contributed by atoms with Crippen molar-refractivity contribution in [3.63, 3.8) is 0 Å². The molecule has 224 valence electrons. The first kappa shape index (κ1) is 28.1. The molecule has 3 nitrogen and oxygen atoms in total. The fraction of sp³-hybridized carbons (Fsp3) is 0.0465. The van der Waals surface area contributed by atoms with Crippen LogP contribution in [0.2, 0.25) is 0 Å². The summed E-state index contributed by atoms with van der Waals surface area (Å²) in [6, 6.07) is 50.0. The fourth-order valence-corrected chi connectivity index (χ4v) is 7.58. The van der Waals surface area contributed by atoms with Gasteiger partial charge in [0.25, 0.3) is 0 Å². The molecule has 9 rings (SSSR count). The van der Waals surface area contributed by atoms with Crippen molar-refractivity contribution in [2.24, 2.45) is 0 Å². The van der Waals surface area contributed by atoms with Crippen molar-refractivity contribution in [2.45, 2.75) is 12.3 Å². The van der Waals surface area contributed by atoms with Crippen LogP contribution in [0.4, 0.5) is 0 Å². The van der Waals surface area contributed by atoms with Gasteiger partial charge in [0.05, 0.1) is 11.0 Å². The average molecular weight is 717 g/mol. The van der Waals surface area contributed by atoms with Gasteiger partial charge in [-0.05, 0) is 111 Å². The minimum Gasteiger partial charge on any atom is -0.436 e. The fourth-order valence-electron chi connectivity index (χ4n) is 7.11. The van der Waals surface area contributed by atoms with Crippen LogP contribution in [0.5, 0.6) is 0 Å². The topological polar surface area (TPSA) is 31.0 Å². The van der Waals surface area contributed by atoms with Gasteiger partial charge in [-0.25, -0.2) is 4.98 Å². The predicted octanol–water partition coefficient (Wildman–Crippen LogP) is 12.0. The van der Waals surface area contributed by atoms with E-state index in [2.05, 4.69) is 173 Å². The number of allylic oxidation sites excluding steroid dienone is 4. The Bertz CT molecular complexity index is 2440. The SMILES string of the molecule is Ic1ccc2oc(-c3ccc(-c4ccccc4C4CC=CC=C4c4ccc(-n5c6ccccc6c6ccccc65)cc4)cc3)nc2c1. The van der Waals surface area contributed by atoms with Gasteiger partial charge >= 0.3 is 0 Å². The van der Waals surface area contributed by atoms with Crippen molar-refractivity contribution in [3.8, 4) is 28.3 Å². The molecule has 0 aliphatic heterocycles. The summed E-state index contributed by atoms with van der Waals surface area (Å²) in [4.78, 5) is 4.74. The highest BCUT2D eigenvalue weighted by Crippen LogP contribution is 2.42. The van der Waals surface area contributed by atoms with E-state index in [-0.39, 0.29) is 5.92 Å². The maximum absolute atomic E-state index is 6.08. The second-order valence-corrected chi connectivity index (χ2v) is 13.3. The maximum atomic E-state index is 6.08. The molecule has 1 atom stereocenters. The third-order valence-electron chi connectivity index (χ3n) is 9.33. The maximum Gasteiger partial charge on any atom is 0.227 e. The number of halogens is 1. The van der Waals surface area contributed by atoms with E-state index >= 15 is 0 Å². The molecule has 0 saturated carbocycles. The summed E-state index contributed by atoms with van der Waals surface area (Å²) in [5.41, 5.74) is 12.6. The highest BCUT2D eigenvalue weighted by atomic mass is 127. The number of hydrogen-bond acceptors (Lipinski definition) is 2. The third-order valence-corrected chi connectivity index (χ3v) is 10.00. The first-order valence-electron chi connectivity index (χ1n) is 15.9. The Morgan fingerprint density at radius 3 is 2.09 bits per heavy atom. The molecule has 2 heterocycles. The summed E-state index contributed by atoms with van der Waals surface area (Å²) in [5, 5.41) is 2.56. The van der Waals surface area contributed by atoms with Crippen LogP contribution in [0.3, 0.4) is 0 Å². The van der Waals surface area contributed by atoms with E-state index in [1.54, 1.807) is 0 Å². The minimum atomic E-state index is 0.245. The van der Waals surface area contributed by atoms with Gasteiger partial charge in [0.15, 0.2) is 5.58 Å². The highest BCUT2D eigenvalue weighted by molar-refractivity contribution is 14.1. The number of nitrogens with zero attached hydrogens (tertiary/aromatic N) is 2. The highest BCUT2D eigenvalue weighted by Gasteiger charge is 2.23. The van der Waals surface area contributed by atoms with Gasteiger partial charge in [0.2, 0.25) is 5.89 Å². The zero-order valence-corrected chi connectivity index (χ0v) is 27.6. The zero-order chi connectivity index (χ0) is 31.3. The van der Waals surface area contributed by atoms with Gasteiger partial charge in [-0.2, -0.15) is 0 Å². The summed E-state index contributed by atoms with van der Waals surface area (Å²) < 4.78 is 9.60. The number of rotatable bonds is 5. The van der Waals surface area contributed by atoms with Crippen molar-refractivity contribution in [1.29, 1.82) is 0 Å². The summed E-state index contributed by atoms with van der Waals surface area (Å²) in [5.74, 6) is 0.892. The van der Waals surface area contributed by atoms with Crippen LogP contribution in [0.15, 0.2) is 162 Å². The lowest BCUT2D eigenvalue weighted by molar-refractivity contribution is 0.620. The molecule has 47 heavy (non-hydrogen) atoms. The summed E-state index contributed by atoms with van der Waals surface area (Å²) in [6.45, 7) is 0. The normalized spacial score (nSPS) is 14.7. The van der Waals surface area contributed by atoms with Crippen LogP contribution in [-0.2, 0) is 0 Å². The van der Waals surface area contributed by atoms with Crippen molar-refractivity contribution in [3.05, 3.63) is 172 Å². The Morgan fingerprint density at radius 2 is 1.32 bits per heavy atom. The molecule has 0 fully saturated rings. The molecule has 2 aromatic heterocycles. The molecule has 0 saturated heterocycles. The molecular weight excluding hydrogens is 687 g/mol. The van der Waals surface area contributed by atoms with Crippen molar-refractivity contribution >= 4 is 61.1 Å². The number of fused-ring (bicyclic) bond motifs is 4. The molecule has 0 N–H and O–H groups in total. The monoisotopic (exact) mass is 716 g/mol. The Balaban J connectivity index is 1.05. The van der Waals surface area contributed by atoms with Crippen LogP contribution < -0.4 is 0 Å². The largest absolute Gasteiger partial charge is 0.436 e. The number of aromatic nitrogens is 2. The first-order chi connectivity index (χ1) is 23.2. The third kappa shape index (κ3) is 4.91. The molecule has 1 unspecified atom stereocenters. The zero-order valence-electron chi connectivity index (χ0n) is 25.5. The lowest BCUT2D eigenvalue weighted by Crippen LogP contribution is -2.06. The van der Waals surface area contributed by atoms with Crippen LogP contribution >= 0.6 is 22.6 Å². The van der Waals surface area contributed by atoms with E-state index in [0.717, 1.165) is 26.7 Å². The van der Waals surface area contributed by atoms with E-state index in [1.165, 1.54) is 55.3 Å². The summed E-state index contributed by atoms with van der Waals surface area (Å²) >= 11 is 2.31. The lowest BCUT2D eigenvalue weighted by atomic mass is 9.79. The quantitative estimate of drug-likeness (QED) is 0.166. The van der Waals surface area contributed by atoms with Gasteiger partial charge in [0.1, 0.15) is 5.52 Å². The molecule has 8 aromatic rings. The molecular formula is C43H29IN2O. The molecule has 0 amide bonds. The van der Waals surface area contributed by atoms with E-state index in [0.29, 0.717) is 5.89 Å². The number of hydrogen-bond donors (Lipinski definition) is 0. The van der Waals surface area contributed by atoms with Gasteiger partial charge < -0.3 is 8.98 Å². The molecule has 4 heteroatoms. The lowest BCUT2D eigenvalue weighted by Gasteiger charge is -2.25. The smallest absolute Gasteiger partial charge is 0.227 e. The van der Waals surface area contributed by atoms with E-state index in [1.807, 2.05) is 12.1 Å². The van der Waals surface area contributed by atoms with Crippen molar-refractivity contribution in [2.75, 3.05) is 0 Å². The second kappa shape index (κ2) is 11.6. The van der Waals surface area contributed by atoms with Crippen LogP contribution in [-0.4, -0.2) is 9.55 Å². The first-order valence-corrected chi connectivity index (χ1v) is 17.0. The van der Waals surface area contributed by atoms with Gasteiger partial charge in [-0.1, -0.05) is 103 Å². The van der Waals surface area contributed by atoms with E-state index in [4.69, 9.17) is 9.40 Å². The van der Waals surface area contributed by atoms with Gasteiger partial charge in [-0.15, -0.1) is 0 Å². The average Bonchev–Trinajstić information content (AvgIpc) is 3.71. The standard InChI is InChI=1S/C43H29IN2O/c44-31-23-26-42-39(27-31)45-43(47-42)30-19-17-28(18-20-30)33-9-1-3-11-35(33)36-12-4-2-10-34(36)29-21-24-32(25-22-29)46-40-15-7-5-13-37(40)38-14-6-8-16-41(38)46/h1-11,13-27,36H,12H2. The number of para-hydroxylation sites is 2. The Labute approximate surface area is 286 Å². The van der Waals surface area contributed by atoms with E-state index < -0.39 is 0 Å². The molecule has 0 radical (unpaired) electrons. The Morgan fingerprint density at radius 1 is 0.660 bits per heavy atom. The van der Waals surface area contributed by atoms with Crippen molar-refractivity contribution in [1.82, 2.24) is 9.55 Å². The summed E-state index contributed by atoms with van der Waals surface area (Å²) in [6.07, 6.45) is 7.73. The van der Waals surface area contributed by atoms with Crippen molar-refractivity contribution < 1.29 is 4.42 Å². The van der Waals surface area contributed by atoms with E-state index in [9.17, 15) is 0 Å². The number of oxazole rings is 1. The summed E-state index contributed by atoms with van der Waals surface area (Å²) in [7, 11) is 0. The van der Waals surface area contributed by atoms with Crippen LogP contribution in [0.1, 0.15) is 23.5 Å². The molecule has 0 spiro atoms. The molecule has 1 aliphatic rings. The van der Waals surface area contributed by atoms with Gasteiger partial charge in [-0.3, -0.25) is 0 Å². The Hall–Kier alpha value is -5.20. The molecule has 1 aliphatic carbocycles. The minimum absolute atomic E-state index is 0.245. The predicted molar refractivity (Wildman–Crippen MR) is 203 cm³/mol. The van der Waals surface area contributed by atoms with Crippen LogP contribution in [0, 0.1) is 3.57 Å². The molecule has 0 bridgehead atoms.